The van der Waals surface area contributed by atoms with Crippen molar-refractivity contribution < 1.29 is 14.9 Å². The Hall–Kier alpha value is -0.560. The van der Waals surface area contributed by atoms with Crippen LogP contribution in [0.2, 0.25) is 15.2 Å². The van der Waals surface area contributed by atoms with E-state index in [1.807, 2.05) is 0 Å². The van der Waals surface area contributed by atoms with E-state index in [0.29, 0.717) is 21.4 Å². The summed E-state index contributed by atoms with van der Waals surface area (Å²) in [5, 5.41) is 18.9. The Kier molecular flexibility index (Phi) is 4.89. The molecule has 0 amide bonds. The number of halogens is 3. The van der Waals surface area contributed by atoms with E-state index in [9.17, 15) is 5.11 Å². The topological polar surface area (TPSA) is 67.0 Å². The van der Waals surface area contributed by atoms with Crippen molar-refractivity contribution in [2.45, 2.75) is 12.7 Å². The molecule has 0 spiro atoms. The minimum absolute atomic E-state index is 0.00137. The average Bonchev–Trinajstić information content (AvgIpc) is 2.66. The van der Waals surface area contributed by atoms with Crippen LogP contribution in [0.5, 0.6) is 0 Å². The van der Waals surface area contributed by atoms with Crippen molar-refractivity contribution in [3.63, 3.8) is 0 Å². The molecule has 0 fully saturated rings. The van der Waals surface area contributed by atoms with Crippen LogP contribution in [0.3, 0.4) is 0 Å². The number of nitrogens with zero attached hydrogens (tertiary/aromatic N) is 2. The van der Waals surface area contributed by atoms with E-state index in [1.165, 1.54) is 0 Å². The van der Waals surface area contributed by atoms with Crippen molar-refractivity contribution in [2.75, 3.05) is 13.2 Å². The zero-order valence-electron chi connectivity index (χ0n) is 9.68. The highest BCUT2D eigenvalue weighted by atomic mass is 35.5. The molecule has 2 N–H and O–H groups in total. The Bertz CT molecular complexity index is 588. The smallest absolute Gasteiger partial charge is 0.153 e. The summed E-state index contributed by atoms with van der Waals surface area (Å²) < 4.78 is 6.93. The molecule has 2 heterocycles. The van der Waals surface area contributed by atoms with E-state index in [-0.39, 0.29) is 25.0 Å². The molecule has 104 valence electrons. The summed E-state index contributed by atoms with van der Waals surface area (Å²) in [4.78, 5) is 4.13. The number of aromatic nitrogens is 2. The van der Waals surface area contributed by atoms with Crippen molar-refractivity contribution in [1.29, 1.82) is 0 Å². The number of rotatable bonds is 5. The van der Waals surface area contributed by atoms with Gasteiger partial charge in [-0.15, -0.1) is 0 Å². The minimum atomic E-state index is -0.920. The largest absolute Gasteiger partial charge is 0.394 e. The second kappa shape index (κ2) is 6.26. The first-order valence-electron chi connectivity index (χ1n) is 5.41. The molecule has 5 nitrogen and oxygen atoms in total. The fourth-order valence-corrected chi connectivity index (χ4v) is 2.06. The molecule has 0 radical (unpaired) electrons. The monoisotopic (exact) mass is 324 g/mol. The Labute approximate surface area is 124 Å². The second-order valence-electron chi connectivity index (χ2n) is 3.90. The molecule has 0 aliphatic carbocycles. The molecule has 0 aliphatic heterocycles. The van der Waals surface area contributed by atoms with Gasteiger partial charge in [0.1, 0.15) is 11.8 Å². The summed E-state index contributed by atoms with van der Waals surface area (Å²) in [6.07, 6.45) is 0.676. The number of ether oxygens (including phenoxy) is 1. The highest BCUT2D eigenvalue weighted by Crippen LogP contribution is 2.26. The molecule has 2 aromatic heterocycles. The van der Waals surface area contributed by atoms with E-state index in [0.717, 1.165) is 0 Å². The van der Waals surface area contributed by atoms with Crippen LogP contribution >= 0.6 is 34.8 Å². The predicted octanol–water partition coefficient (Wildman–Crippen LogP) is 2.16. The lowest BCUT2D eigenvalue weighted by Gasteiger charge is -2.08. The number of hydrogen-bond donors (Lipinski definition) is 2. The third-order valence-corrected chi connectivity index (χ3v) is 3.49. The quantitative estimate of drug-likeness (QED) is 0.884. The molecule has 8 heteroatoms. The molecule has 2 rings (SSSR count). The van der Waals surface area contributed by atoms with Gasteiger partial charge in [0.05, 0.1) is 35.6 Å². The zero-order valence-corrected chi connectivity index (χ0v) is 12.0. The van der Waals surface area contributed by atoms with Gasteiger partial charge < -0.3 is 14.9 Å². The van der Waals surface area contributed by atoms with Gasteiger partial charge in [0.2, 0.25) is 0 Å². The third-order valence-electron chi connectivity index (χ3n) is 2.47. The molecule has 1 unspecified atom stereocenters. The van der Waals surface area contributed by atoms with Crippen LogP contribution in [0.15, 0.2) is 12.3 Å². The molecule has 2 aromatic rings. The van der Waals surface area contributed by atoms with E-state index in [1.54, 1.807) is 16.7 Å². The average molecular weight is 326 g/mol. The second-order valence-corrected chi connectivity index (χ2v) is 5.07. The van der Waals surface area contributed by atoms with Gasteiger partial charge in [-0.3, -0.25) is 4.40 Å². The van der Waals surface area contributed by atoms with Crippen LogP contribution in [0.25, 0.3) is 5.65 Å². The van der Waals surface area contributed by atoms with Crippen molar-refractivity contribution in [2.24, 2.45) is 0 Å². The maximum absolute atomic E-state index is 9.18. The summed E-state index contributed by atoms with van der Waals surface area (Å²) in [7, 11) is 0. The zero-order chi connectivity index (χ0) is 14.0. The Balaban J connectivity index is 2.22. The van der Waals surface area contributed by atoms with Crippen LogP contribution in [-0.4, -0.2) is 38.9 Å². The van der Waals surface area contributed by atoms with Crippen molar-refractivity contribution in [3.8, 4) is 0 Å². The highest BCUT2D eigenvalue weighted by Gasteiger charge is 2.13. The molecule has 19 heavy (non-hydrogen) atoms. The number of aliphatic hydroxyl groups is 2. The van der Waals surface area contributed by atoms with Gasteiger partial charge in [-0.2, -0.15) is 0 Å². The SMILES string of the molecule is OCC(O)COCc1c(Cl)nc2cc(Cl)c(Cl)cn12. The van der Waals surface area contributed by atoms with Gasteiger partial charge >= 0.3 is 0 Å². The normalized spacial score (nSPS) is 13.1. The molecule has 0 saturated carbocycles. The van der Waals surface area contributed by atoms with Crippen molar-refractivity contribution in [1.82, 2.24) is 9.38 Å². The Morgan fingerprint density at radius 2 is 2.05 bits per heavy atom. The van der Waals surface area contributed by atoms with Crippen molar-refractivity contribution >= 4 is 40.4 Å². The van der Waals surface area contributed by atoms with Gasteiger partial charge in [0, 0.05) is 12.3 Å². The number of imidazole rings is 1. The van der Waals surface area contributed by atoms with E-state index < -0.39 is 6.10 Å². The lowest BCUT2D eigenvalue weighted by atomic mass is 10.4. The maximum Gasteiger partial charge on any atom is 0.153 e. The van der Waals surface area contributed by atoms with Gasteiger partial charge in [-0.05, 0) is 0 Å². The number of fused-ring (bicyclic) bond motifs is 1. The van der Waals surface area contributed by atoms with Gasteiger partial charge in [-0.25, -0.2) is 4.98 Å². The number of pyridine rings is 1. The fourth-order valence-electron chi connectivity index (χ4n) is 1.53. The lowest BCUT2D eigenvalue weighted by Crippen LogP contribution is -2.19. The summed E-state index contributed by atoms with van der Waals surface area (Å²) in [5.74, 6) is 0. The van der Waals surface area contributed by atoms with Crippen LogP contribution in [0.4, 0.5) is 0 Å². The Morgan fingerprint density at radius 3 is 2.74 bits per heavy atom. The number of hydrogen-bond acceptors (Lipinski definition) is 4. The van der Waals surface area contributed by atoms with Crippen LogP contribution in [0, 0.1) is 0 Å². The van der Waals surface area contributed by atoms with E-state index >= 15 is 0 Å². The summed E-state index contributed by atoms with van der Waals surface area (Å²) in [6.45, 7) is -0.223. The van der Waals surface area contributed by atoms with E-state index in [2.05, 4.69) is 4.98 Å². The molecule has 0 bridgehead atoms. The molecule has 0 saturated heterocycles. The van der Waals surface area contributed by atoms with Crippen LogP contribution in [-0.2, 0) is 11.3 Å². The first-order valence-corrected chi connectivity index (χ1v) is 6.54. The molecule has 0 aromatic carbocycles. The lowest BCUT2D eigenvalue weighted by molar-refractivity contribution is -0.000960. The summed E-state index contributed by atoms with van der Waals surface area (Å²) >= 11 is 17.8. The fraction of sp³-hybridized carbons (Fsp3) is 0.364. The first-order chi connectivity index (χ1) is 9.02. The summed E-state index contributed by atoms with van der Waals surface area (Å²) in [6, 6.07) is 1.60. The minimum Gasteiger partial charge on any atom is -0.394 e. The Morgan fingerprint density at radius 1 is 1.32 bits per heavy atom. The van der Waals surface area contributed by atoms with Gasteiger partial charge in [-0.1, -0.05) is 34.8 Å². The molecular formula is C11H11Cl3N2O3. The van der Waals surface area contributed by atoms with Crippen LogP contribution in [0.1, 0.15) is 5.69 Å². The van der Waals surface area contributed by atoms with Gasteiger partial charge in [0.25, 0.3) is 0 Å². The first kappa shape index (κ1) is 14.8. The van der Waals surface area contributed by atoms with E-state index in [4.69, 9.17) is 44.6 Å². The molecule has 0 aliphatic rings. The third kappa shape index (κ3) is 3.31. The number of aliphatic hydroxyl groups excluding tert-OH is 2. The highest BCUT2D eigenvalue weighted by molar-refractivity contribution is 6.42. The molecule has 1 atom stereocenters. The van der Waals surface area contributed by atoms with Gasteiger partial charge in [0.15, 0.2) is 5.15 Å². The van der Waals surface area contributed by atoms with Crippen molar-refractivity contribution in [3.05, 3.63) is 33.2 Å². The predicted molar refractivity (Wildman–Crippen MR) is 73.0 cm³/mol. The molecular weight excluding hydrogens is 314 g/mol. The summed E-state index contributed by atoms with van der Waals surface area (Å²) in [5.41, 5.74) is 1.15. The van der Waals surface area contributed by atoms with Crippen LogP contribution < -0.4 is 0 Å². The standard InChI is InChI=1S/C11H11Cl3N2O3/c12-7-1-10-15-11(14)9(16(10)2-8(7)13)5-19-4-6(18)3-17/h1-2,6,17-18H,3-5H2. The maximum atomic E-state index is 9.18.